The second-order valence-corrected chi connectivity index (χ2v) is 6.09. The third kappa shape index (κ3) is 3.26. The van der Waals surface area contributed by atoms with Gasteiger partial charge in [-0.3, -0.25) is 14.3 Å². The third-order valence-corrected chi connectivity index (χ3v) is 4.51. The molecule has 0 aliphatic heterocycles. The molecule has 0 fully saturated rings. The largest absolute Gasteiger partial charge is 0.399 e. The normalized spacial score (nSPS) is 10.8. The van der Waals surface area contributed by atoms with Crippen LogP contribution in [0.1, 0.15) is 28.0 Å². The van der Waals surface area contributed by atoms with Crippen LogP contribution in [0.2, 0.25) is 0 Å². The van der Waals surface area contributed by atoms with Gasteiger partial charge >= 0.3 is 0 Å². The van der Waals surface area contributed by atoms with Crippen molar-refractivity contribution in [2.45, 2.75) is 19.8 Å². The highest BCUT2D eigenvalue weighted by molar-refractivity contribution is 5.96. The molecule has 0 radical (unpaired) electrons. The van der Waals surface area contributed by atoms with Gasteiger partial charge in [-0.05, 0) is 49.7 Å². The number of ketones is 1. The highest BCUT2D eigenvalue weighted by Gasteiger charge is 2.17. The van der Waals surface area contributed by atoms with Crippen molar-refractivity contribution in [3.8, 4) is 5.69 Å². The first-order valence-corrected chi connectivity index (χ1v) is 8.20. The van der Waals surface area contributed by atoms with Crippen molar-refractivity contribution in [2.24, 2.45) is 7.05 Å². The quantitative estimate of drug-likeness (QED) is 0.576. The minimum atomic E-state index is -0.0729. The molecule has 1 heterocycles. The maximum absolute atomic E-state index is 12.8. The summed E-state index contributed by atoms with van der Waals surface area (Å²) in [6.07, 6.45) is 0.709. The predicted octanol–water partition coefficient (Wildman–Crippen LogP) is 2.88. The van der Waals surface area contributed by atoms with Crippen LogP contribution in [0.25, 0.3) is 5.69 Å². The number of aromatic nitrogens is 2. The van der Waals surface area contributed by atoms with E-state index in [0.29, 0.717) is 29.7 Å². The maximum atomic E-state index is 12.8. The standard InChI is InChI=1S/C20H21N3O2/c1-14-18(12-13-19(24)15-8-10-16(21)11-9-15)20(25)23(22(14)2)17-6-4-3-5-7-17/h3-11H,12-13,21H2,1-2H3. The molecule has 2 N–H and O–H groups in total. The number of hydrogen-bond acceptors (Lipinski definition) is 3. The molecule has 0 aliphatic rings. The molecule has 0 bridgehead atoms. The van der Waals surface area contributed by atoms with Gasteiger partial charge in [-0.25, -0.2) is 4.68 Å². The van der Waals surface area contributed by atoms with Crippen LogP contribution in [-0.4, -0.2) is 15.1 Å². The van der Waals surface area contributed by atoms with Crippen LogP contribution in [-0.2, 0) is 13.5 Å². The lowest BCUT2D eigenvalue weighted by molar-refractivity contribution is 0.0983. The second-order valence-electron chi connectivity index (χ2n) is 6.09. The van der Waals surface area contributed by atoms with E-state index in [-0.39, 0.29) is 11.3 Å². The Kier molecular flexibility index (Phi) is 4.57. The lowest BCUT2D eigenvalue weighted by Gasteiger charge is -2.07. The van der Waals surface area contributed by atoms with E-state index in [4.69, 9.17) is 5.73 Å². The summed E-state index contributed by atoms with van der Waals surface area (Å²) in [7, 11) is 1.86. The van der Waals surface area contributed by atoms with E-state index < -0.39 is 0 Å². The molecule has 0 saturated heterocycles. The molecule has 5 nitrogen and oxygen atoms in total. The van der Waals surface area contributed by atoms with Crippen molar-refractivity contribution in [3.63, 3.8) is 0 Å². The average Bonchev–Trinajstić information content (AvgIpc) is 2.83. The maximum Gasteiger partial charge on any atom is 0.274 e. The van der Waals surface area contributed by atoms with E-state index in [1.165, 1.54) is 0 Å². The third-order valence-electron chi connectivity index (χ3n) is 4.51. The van der Waals surface area contributed by atoms with Gasteiger partial charge in [0.2, 0.25) is 0 Å². The van der Waals surface area contributed by atoms with Gasteiger partial charge < -0.3 is 5.73 Å². The summed E-state index contributed by atoms with van der Waals surface area (Å²) in [5, 5.41) is 0. The van der Waals surface area contributed by atoms with Crippen molar-refractivity contribution in [1.82, 2.24) is 9.36 Å². The van der Waals surface area contributed by atoms with Gasteiger partial charge in [0.15, 0.2) is 5.78 Å². The van der Waals surface area contributed by atoms with Crippen LogP contribution in [0, 0.1) is 6.92 Å². The van der Waals surface area contributed by atoms with Gasteiger partial charge in [0.05, 0.1) is 5.69 Å². The highest BCUT2D eigenvalue weighted by Crippen LogP contribution is 2.14. The molecular weight excluding hydrogens is 314 g/mol. The van der Waals surface area contributed by atoms with Crippen LogP contribution in [0.5, 0.6) is 0 Å². The zero-order chi connectivity index (χ0) is 18.0. The van der Waals surface area contributed by atoms with E-state index in [2.05, 4.69) is 0 Å². The Bertz CT molecular complexity index is 951. The monoisotopic (exact) mass is 335 g/mol. The SMILES string of the molecule is Cc1c(CCC(=O)c2ccc(N)cc2)c(=O)n(-c2ccccc2)n1C. The first kappa shape index (κ1) is 16.8. The van der Waals surface area contributed by atoms with Gasteiger partial charge in [-0.1, -0.05) is 18.2 Å². The van der Waals surface area contributed by atoms with E-state index in [0.717, 1.165) is 11.4 Å². The van der Waals surface area contributed by atoms with Gasteiger partial charge in [-0.15, -0.1) is 0 Å². The number of benzene rings is 2. The minimum absolute atomic E-state index is 0.00825. The number of anilines is 1. The van der Waals surface area contributed by atoms with Crippen molar-refractivity contribution >= 4 is 11.5 Å². The van der Waals surface area contributed by atoms with E-state index in [1.54, 1.807) is 28.9 Å². The molecule has 25 heavy (non-hydrogen) atoms. The van der Waals surface area contributed by atoms with Crippen LogP contribution in [0.4, 0.5) is 5.69 Å². The molecule has 5 heteroatoms. The van der Waals surface area contributed by atoms with Gasteiger partial charge in [-0.2, -0.15) is 0 Å². The summed E-state index contributed by atoms with van der Waals surface area (Å²) in [5.74, 6) is 0.00825. The number of nitrogens with zero attached hydrogens (tertiary/aromatic N) is 2. The van der Waals surface area contributed by atoms with Crippen LogP contribution in [0.3, 0.4) is 0 Å². The Labute approximate surface area is 146 Å². The van der Waals surface area contributed by atoms with Gasteiger partial charge in [0.25, 0.3) is 5.56 Å². The molecule has 0 saturated carbocycles. The summed E-state index contributed by atoms with van der Waals surface area (Å²) < 4.78 is 3.47. The predicted molar refractivity (Wildman–Crippen MR) is 99.3 cm³/mol. The molecule has 0 unspecified atom stereocenters. The molecule has 128 valence electrons. The van der Waals surface area contributed by atoms with Crippen molar-refractivity contribution in [3.05, 3.63) is 81.8 Å². The van der Waals surface area contributed by atoms with Crippen LogP contribution >= 0.6 is 0 Å². The van der Waals surface area contributed by atoms with Gasteiger partial charge in [0, 0.05) is 36.0 Å². The molecule has 3 aromatic rings. The topological polar surface area (TPSA) is 70.0 Å². The smallest absolute Gasteiger partial charge is 0.274 e. The fourth-order valence-corrected chi connectivity index (χ4v) is 2.96. The first-order chi connectivity index (χ1) is 12.0. The Morgan fingerprint density at radius 1 is 1.04 bits per heavy atom. The Hall–Kier alpha value is -3.08. The lowest BCUT2D eigenvalue weighted by Crippen LogP contribution is -2.21. The fraction of sp³-hybridized carbons (Fsp3) is 0.200. The molecule has 0 aliphatic carbocycles. The number of carbonyl (C=O) groups excluding carboxylic acids is 1. The summed E-state index contributed by atoms with van der Waals surface area (Å²) in [6, 6.07) is 16.4. The highest BCUT2D eigenvalue weighted by atomic mass is 16.1. The fourth-order valence-electron chi connectivity index (χ4n) is 2.96. The number of nitrogen functional groups attached to an aromatic ring is 1. The van der Waals surface area contributed by atoms with Crippen LogP contribution < -0.4 is 11.3 Å². The number of rotatable bonds is 5. The number of nitrogens with two attached hydrogens (primary N) is 1. The number of hydrogen-bond donors (Lipinski definition) is 1. The minimum Gasteiger partial charge on any atom is -0.399 e. The molecule has 0 spiro atoms. The summed E-state index contributed by atoms with van der Waals surface area (Å²) in [6.45, 7) is 1.91. The summed E-state index contributed by atoms with van der Waals surface area (Å²) >= 11 is 0. The molecular formula is C20H21N3O2. The molecule has 0 amide bonds. The molecule has 2 aromatic carbocycles. The van der Waals surface area contributed by atoms with E-state index >= 15 is 0 Å². The molecule has 0 atom stereocenters. The first-order valence-electron chi connectivity index (χ1n) is 8.20. The number of Topliss-reactive ketones (excluding diaryl/α,β-unsaturated/α-hetero) is 1. The second kappa shape index (κ2) is 6.81. The van der Waals surface area contributed by atoms with Gasteiger partial charge in [0.1, 0.15) is 0 Å². The Morgan fingerprint density at radius 3 is 2.32 bits per heavy atom. The van der Waals surface area contributed by atoms with E-state index in [1.807, 2.05) is 49.0 Å². The summed E-state index contributed by atoms with van der Waals surface area (Å²) in [5.41, 5.74) is 9.18. The summed E-state index contributed by atoms with van der Waals surface area (Å²) in [4.78, 5) is 25.2. The average molecular weight is 335 g/mol. The number of para-hydroxylation sites is 1. The van der Waals surface area contributed by atoms with Crippen molar-refractivity contribution in [1.29, 1.82) is 0 Å². The number of carbonyl (C=O) groups is 1. The van der Waals surface area contributed by atoms with Crippen molar-refractivity contribution < 1.29 is 4.79 Å². The Balaban J connectivity index is 1.85. The van der Waals surface area contributed by atoms with E-state index in [9.17, 15) is 9.59 Å². The zero-order valence-corrected chi connectivity index (χ0v) is 14.4. The zero-order valence-electron chi connectivity index (χ0n) is 14.4. The lowest BCUT2D eigenvalue weighted by atomic mass is 10.0. The molecule has 3 rings (SSSR count). The van der Waals surface area contributed by atoms with Crippen molar-refractivity contribution in [2.75, 3.05) is 5.73 Å². The molecule has 1 aromatic heterocycles. The van der Waals surface area contributed by atoms with Crippen LogP contribution in [0.15, 0.2) is 59.4 Å². The Morgan fingerprint density at radius 2 is 1.68 bits per heavy atom.